The minimum absolute atomic E-state index is 0.0973. The van der Waals surface area contributed by atoms with Crippen molar-refractivity contribution >= 4 is 29.6 Å². The quantitative estimate of drug-likeness (QED) is 0.615. The van der Waals surface area contributed by atoms with Gasteiger partial charge in [-0.25, -0.2) is 9.69 Å². The number of urea groups is 1. The van der Waals surface area contributed by atoms with Crippen molar-refractivity contribution in [1.29, 1.82) is 0 Å². The minimum atomic E-state index is -0.640. The first-order chi connectivity index (χ1) is 13.9. The summed E-state index contributed by atoms with van der Waals surface area (Å²) < 4.78 is 10.7. The first-order valence-electron chi connectivity index (χ1n) is 9.02. The van der Waals surface area contributed by atoms with Gasteiger partial charge in [-0.1, -0.05) is 17.7 Å². The van der Waals surface area contributed by atoms with Crippen LogP contribution >= 0.6 is 0 Å². The summed E-state index contributed by atoms with van der Waals surface area (Å²) in [5, 5.41) is 5.20. The molecule has 0 saturated carbocycles. The number of rotatable bonds is 4. The van der Waals surface area contributed by atoms with Gasteiger partial charge >= 0.3 is 6.03 Å². The molecule has 4 amide bonds. The van der Waals surface area contributed by atoms with Crippen molar-refractivity contribution < 1.29 is 23.9 Å². The maximum atomic E-state index is 12.6. The summed E-state index contributed by atoms with van der Waals surface area (Å²) in [6.07, 6.45) is 1.56. The summed E-state index contributed by atoms with van der Waals surface area (Å²) in [5.74, 6) is 0.193. The number of aryl methyl sites for hydroxylation is 2. The highest BCUT2D eigenvalue weighted by Crippen LogP contribution is 2.35. The molecule has 0 aromatic heterocycles. The van der Waals surface area contributed by atoms with Gasteiger partial charge in [0.2, 0.25) is 12.7 Å². The van der Waals surface area contributed by atoms with Gasteiger partial charge in [0.25, 0.3) is 5.91 Å². The summed E-state index contributed by atoms with van der Waals surface area (Å²) in [6.45, 7) is 3.57. The van der Waals surface area contributed by atoms with E-state index in [1.165, 1.54) is 0 Å². The lowest BCUT2D eigenvalue weighted by molar-refractivity contribution is -0.127. The molecule has 29 heavy (non-hydrogen) atoms. The standard InChI is InChI=1S/C21H19N3O5/c1-12-3-5-15(6-4-12)22-19(25)10-24-20(26)16(23-21(24)27)8-14-9-18-17(7-13(14)2)28-11-29-18/h3-9H,10-11H2,1-2H3,(H,22,25)(H,23,27)/b16-8+. The van der Waals surface area contributed by atoms with E-state index < -0.39 is 17.8 Å². The van der Waals surface area contributed by atoms with E-state index in [1.807, 2.05) is 32.0 Å². The predicted octanol–water partition coefficient (Wildman–Crippen LogP) is 2.56. The second kappa shape index (κ2) is 7.31. The van der Waals surface area contributed by atoms with Crippen molar-refractivity contribution in [3.05, 3.63) is 58.8 Å². The lowest BCUT2D eigenvalue weighted by Crippen LogP contribution is -2.38. The molecule has 8 heteroatoms. The molecule has 1 fully saturated rings. The summed E-state index contributed by atoms with van der Waals surface area (Å²) in [5.41, 5.74) is 3.33. The maximum absolute atomic E-state index is 12.6. The van der Waals surface area contributed by atoms with Gasteiger partial charge < -0.3 is 20.1 Å². The smallest absolute Gasteiger partial charge is 0.329 e. The van der Waals surface area contributed by atoms with Crippen LogP contribution in [0.3, 0.4) is 0 Å². The Hall–Kier alpha value is -3.81. The van der Waals surface area contributed by atoms with E-state index in [0.717, 1.165) is 16.0 Å². The van der Waals surface area contributed by atoms with E-state index in [0.29, 0.717) is 22.7 Å². The Kier molecular flexibility index (Phi) is 4.67. The van der Waals surface area contributed by atoms with E-state index in [4.69, 9.17) is 9.47 Å². The Labute approximate surface area is 167 Å². The third-order valence-electron chi connectivity index (χ3n) is 4.66. The number of fused-ring (bicyclic) bond motifs is 1. The van der Waals surface area contributed by atoms with Gasteiger partial charge in [-0.3, -0.25) is 9.59 Å². The highest BCUT2D eigenvalue weighted by Gasteiger charge is 2.35. The van der Waals surface area contributed by atoms with Crippen LogP contribution in [0.2, 0.25) is 0 Å². The molecular weight excluding hydrogens is 374 g/mol. The van der Waals surface area contributed by atoms with E-state index in [9.17, 15) is 14.4 Å². The normalized spacial score (nSPS) is 16.3. The summed E-state index contributed by atoms with van der Waals surface area (Å²) in [4.78, 5) is 38.0. The Morgan fingerprint density at radius 2 is 1.83 bits per heavy atom. The van der Waals surface area contributed by atoms with Crippen molar-refractivity contribution in [3.63, 3.8) is 0 Å². The first kappa shape index (κ1) is 18.5. The monoisotopic (exact) mass is 393 g/mol. The number of imide groups is 1. The van der Waals surface area contributed by atoms with E-state index in [2.05, 4.69) is 10.6 Å². The van der Waals surface area contributed by atoms with Crippen LogP contribution in [0.1, 0.15) is 16.7 Å². The molecule has 4 rings (SSSR count). The van der Waals surface area contributed by atoms with Crippen molar-refractivity contribution in [2.45, 2.75) is 13.8 Å². The maximum Gasteiger partial charge on any atom is 0.329 e. The molecule has 0 radical (unpaired) electrons. The van der Waals surface area contributed by atoms with E-state index >= 15 is 0 Å². The zero-order valence-corrected chi connectivity index (χ0v) is 15.9. The fourth-order valence-electron chi connectivity index (χ4n) is 3.07. The zero-order valence-electron chi connectivity index (χ0n) is 15.9. The topological polar surface area (TPSA) is 97.0 Å². The molecule has 2 aliphatic heterocycles. The van der Waals surface area contributed by atoms with Gasteiger partial charge in [-0.05, 0) is 55.3 Å². The second-order valence-electron chi connectivity index (χ2n) is 6.86. The van der Waals surface area contributed by atoms with Gasteiger partial charge in [0.1, 0.15) is 12.2 Å². The van der Waals surface area contributed by atoms with Crippen molar-refractivity contribution in [2.75, 3.05) is 18.7 Å². The fraction of sp³-hybridized carbons (Fsp3) is 0.190. The molecule has 2 aliphatic rings. The van der Waals surface area contributed by atoms with Crippen molar-refractivity contribution in [2.24, 2.45) is 0 Å². The van der Waals surface area contributed by atoms with Gasteiger partial charge in [-0.15, -0.1) is 0 Å². The highest BCUT2D eigenvalue weighted by molar-refractivity contribution is 6.16. The Balaban J connectivity index is 1.48. The molecular formula is C21H19N3O5. The summed E-state index contributed by atoms with van der Waals surface area (Å²) in [7, 11) is 0. The van der Waals surface area contributed by atoms with Crippen LogP contribution in [0.15, 0.2) is 42.1 Å². The molecule has 0 unspecified atom stereocenters. The number of nitrogens with one attached hydrogen (secondary N) is 2. The average molecular weight is 393 g/mol. The minimum Gasteiger partial charge on any atom is -0.454 e. The Bertz CT molecular complexity index is 1040. The SMILES string of the molecule is Cc1ccc(NC(=O)CN2C(=O)N/C(=C/c3cc4c(cc3C)OCO4)C2=O)cc1. The number of hydrogen-bond acceptors (Lipinski definition) is 5. The fourth-order valence-corrected chi connectivity index (χ4v) is 3.07. The van der Waals surface area contributed by atoms with Crippen LogP contribution in [-0.2, 0) is 9.59 Å². The van der Waals surface area contributed by atoms with E-state index in [-0.39, 0.29) is 19.0 Å². The number of hydrogen-bond donors (Lipinski definition) is 2. The molecule has 2 N–H and O–H groups in total. The van der Waals surface area contributed by atoms with Gasteiger partial charge in [-0.2, -0.15) is 0 Å². The molecule has 148 valence electrons. The van der Waals surface area contributed by atoms with Crippen LogP contribution in [0.25, 0.3) is 6.08 Å². The average Bonchev–Trinajstić information content (AvgIpc) is 3.23. The molecule has 8 nitrogen and oxygen atoms in total. The molecule has 1 saturated heterocycles. The summed E-state index contributed by atoms with van der Waals surface area (Å²) in [6, 6.07) is 10.1. The second-order valence-corrected chi connectivity index (χ2v) is 6.86. The third kappa shape index (κ3) is 3.77. The number of nitrogens with zero attached hydrogens (tertiary/aromatic N) is 1. The van der Waals surface area contributed by atoms with Crippen LogP contribution < -0.4 is 20.1 Å². The number of carbonyl (C=O) groups is 3. The van der Waals surface area contributed by atoms with Gasteiger partial charge in [0.05, 0.1) is 0 Å². The van der Waals surface area contributed by atoms with Crippen LogP contribution in [0, 0.1) is 13.8 Å². The summed E-state index contributed by atoms with van der Waals surface area (Å²) >= 11 is 0. The lowest BCUT2D eigenvalue weighted by atomic mass is 10.1. The molecule has 0 atom stereocenters. The highest BCUT2D eigenvalue weighted by atomic mass is 16.7. The third-order valence-corrected chi connectivity index (χ3v) is 4.66. The van der Waals surface area contributed by atoms with Gasteiger partial charge in [0.15, 0.2) is 11.5 Å². The van der Waals surface area contributed by atoms with Crippen molar-refractivity contribution in [1.82, 2.24) is 10.2 Å². The molecule has 2 aromatic rings. The predicted molar refractivity (Wildman–Crippen MR) is 105 cm³/mol. The van der Waals surface area contributed by atoms with E-state index in [1.54, 1.807) is 24.3 Å². The number of amides is 4. The molecule has 0 aliphatic carbocycles. The van der Waals surface area contributed by atoms with Gasteiger partial charge in [0, 0.05) is 5.69 Å². The first-order valence-corrected chi connectivity index (χ1v) is 9.02. The zero-order chi connectivity index (χ0) is 20.5. The van der Waals surface area contributed by atoms with Crippen molar-refractivity contribution in [3.8, 4) is 11.5 Å². The molecule has 0 bridgehead atoms. The van der Waals surface area contributed by atoms with Crippen LogP contribution in [0.4, 0.5) is 10.5 Å². The number of benzene rings is 2. The molecule has 2 heterocycles. The number of anilines is 1. The Morgan fingerprint density at radius 3 is 2.55 bits per heavy atom. The number of ether oxygens (including phenoxy) is 2. The largest absolute Gasteiger partial charge is 0.454 e. The van der Waals surface area contributed by atoms with Crippen LogP contribution in [0.5, 0.6) is 11.5 Å². The molecule has 2 aromatic carbocycles. The molecule has 0 spiro atoms. The van der Waals surface area contributed by atoms with Crippen LogP contribution in [-0.4, -0.2) is 36.1 Å². The number of carbonyl (C=O) groups excluding carboxylic acids is 3. The lowest BCUT2D eigenvalue weighted by Gasteiger charge is -2.12. The Morgan fingerprint density at radius 1 is 1.14 bits per heavy atom.